The van der Waals surface area contributed by atoms with Crippen LogP contribution in [0, 0.1) is 30.1 Å². The van der Waals surface area contributed by atoms with Gasteiger partial charge in [-0.05, 0) is 99.8 Å². The molecule has 1 atom stereocenters. The van der Waals surface area contributed by atoms with Crippen molar-refractivity contribution in [3.05, 3.63) is 35.7 Å². The number of aromatic nitrogens is 2. The first-order valence-corrected chi connectivity index (χ1v) is 10.2. The fourth-order valence-corrected chi connectivity index (χ4v) is 6.32. The molecule has 0 saturated heterocycles. The van der Waals surface area contributed by atoms with Gasteiger partial charge in [0.25, 0.3) is 11.8 Å². The van der Waals surface area contributed by atoms with E-state index in [-0.39, 0.29) is 11.9 Å². The summed E-state index contributed by atoms with van der Waals surface area (Å²) in [6.45, 7) is 4.02. The number of nitrogens with zero attached hydrogens (tertiary/aromatic N) is 2. The lowest BCUT2D eigenvalue weighted by molar-refractivity contribution is -0.0688. The van der Waals surface area contributed by atoms with Crippen LogP contribution in [0.15, 0.2) is 28.8 Å². The second-order valence-corrected chi connectivity index (χ2v) is 9.20. The summed E-state index contributed by atoms with van der Waals surface area (Å²) in [7, 11) is 0. The highest BCUT2D eigenvalue weighted by molar-refractivity contribution is 5.94. The molecule has 4 fully saturated rings. The minimum atomic E-state index is 0.0199. The molecule has 27 heavy (non-hydrogen) atoms. The number of benzene rings is 1. The molecule has 4 bridgehead atoms. The third kappa shape index (κ3) is 2.97. The molecule has 1 N–H and O–H groups in total. The van der Waals surface area contributed by atoms with Crippen molar-refractivity contribution in [3.63, 3.8) is 0 Å². The quantitative estimate of drug-likeness (QED) is 0.873. The normalized spacial score (nSPS) is 32.4. The Balaban J connectivity index is 1.29. The van der Waals surface area contributed by atoms with Crippen LogP contribution in [0.2, 0.25) is 0 Å². The summed E-state index contributed by atoms with van der Waals surface area (Å²) in [5, 5.41) is 7.14. The molecular weight excluding hydrogens is 338 g/mol. The zero-order chi connectivity index (χ0) is 18.6. The average molecular weight is 365 g/mol. The molecule has 4 aliphatic carbocycles. The molecule has 0 spiro atoms. The highest BCUT2D eigenvalue weighted by Gasteiger charge is 2.53. The number of carbonyl (C=O) groups is 1. The van der Waals surface area contributed by atoms with E-state index in [1.807, 2.05) is 24.3 Å². The summed E-state index contributed by atoms with van der Waals surface area (Å²) in [5.74, 6) is 3.80. The number of carbonyl (C=O) groups excluding carboxylic acids is 1. The topological polar surface area (TPSA) is 68.0 Å². The van der Waals surface area contributed by atoms with Gasteiger partial charge in [-0.25, -0.2) is 0 Å². The Morgan fingerprint density at radius 2 is 1.70 bits per heavy atom. The third-order valence-electron chi connectivity index (χ3n) is 7.27. The fourth-order valence-electron chi connectivity index (χ4n) is 6.32. The van der Waals surface area contributed by atoms with E-state index in [1.54, 1.807) is 6.92 Å². The van der Waals surface area contributed by atoms with E-state index in [0.717, 1.165) is 23.3 Å². The van der Waals surface area contributed by atoms with Crippen molar-refractivity contribution < 1.29 is 9.32 Å². The van der Waals surface area contributed by atoms with Crippen LogP contribution in [0.5, 0.6) is 0 Å². The van der Waals surface area contributed by atoms with Crippen LogP contribution < -0.4 is 5.32 Å². The molecule has 4 aliphatic rings. The van der Waals surface area contributed by atoms with Gasteiger partial charge in [0.1, 0.15) is 0 Å². The summed E-state index contributed by atoms with van der Waals surface area (Å²) >= 11 is 0. The van der Waals surface area contributed by atoms with Crippen molar-refractivity contribution in [1.82, 2.24) is 15.5 Å². The lowest BCUT2D eigenvalue weighted by Crippen LogP contribution is -2.55. The van der Waals surface area contributed by atoms with Gasteiger partial charge in [0, 0.05) is 17.2 Å². The van der Waals surface area contributed by atoms with E-state index in [2.05, 4.69) is 22.4 Å². The van der Waals surface area contributed by atoms with Gasteiger partial charge < -0.3 is 9.84 Å². The number of rotatable bonds is 4. The van der Waals surface area contributed by atoms with Gasteiger partial charge in [-0.1, -0.05) is 5.16 Å². The van der Waals surface area contributed by atoms with Crippen LogP contribution in [0.4, 0.5) is 0 Å². The number of amides is 1. The number of hydrogen-bond acceptors (Lipinski definition) is 4. The summed E-state index contributed by atoms with van der Waals surface area (Å²) < 4.78 is 5.19. The molecule has 0 aliphatic heterocycles. The van der Waals surface area contributed by atoms with Gasteiger partial charge >= 0.3 is 0 Å². The smallest absolute Gasteiger partial charge is 0.257 e. The lowest BCUT2D eigenvalue weighted by Gasteiger charge is -2.59. The maximum Gasteiger partial charge on any atom is 0.257 e. The maximum absolute atomic E-state index is 12.8. The minimum Gasteiger partial charge on any atom is -0.349 e. The predicted octanol–water partition coefficient (Wildman–Crippen LogP) is 4.38. The Morgan fingerprint density at radius 1 is 1.11 bits per heavy atom. The van der Waals surface area contributed by atoms with E-state index in [4.69, 9.17) is 4.52 Å². The maximum atomic E-state index is 12.8. The predicted molar refractivity (Wildman–Crippen MR) is 102 cm³/mol. The lowest BCUT2D eigenvalue weighted by atomic mass is 9.48. The van der Waals surface area contributed by atoms with Gasteiger partial charge in [-0.2, -0.15) is 4.98 Å². The van der Waals surface area contributed by atoms with E-state index >= 15 is 0 Å². The van der Waals surface area contributed by atoms with Crippen molar-refractivity contribution in [2.24, 2.45) is 23.2 Å². The first-order valence-electron chi connectivity index (χ1n) is 10.2. The molecule has 4 saturated carbocycles. The van der Waals surface area contributed by atoms with Crippen LogP contribution in [0.3, 0.4) is 0 Å². The minimum absolute atomic E-state index is 0.0199. The Kier molecular flexibility index (Phi) is 3.88. The third-order valence-corrected chi connectivity index (χ3v) is 7.27. The molecule has 6 rings (SSSR count). The number of aryl methyl sites for hydroxylation is 1. The molecule has 1 unspecified atom stereocenters. The molecule has 5 nitrogen and oxygen atoms in total. The molecule has 1 aromatic heterocycles. The second-order valence-electron chi connectivity index (χ2n) is 9.20. The molecular formula is C22H27N3O2. The van der Waals surface area contributed by atoms with Gasteiger partial charge in [-0.3, -0.25) is 4.79 Å². The molecule has 1 heterocycles. The Labute approximate surface area is 159 Å². The Morgan fingerprint density at radius 3 is 2.22 bits per heavy atom. The summed E-state index contributed by atoms with van der Waals surface area (Å²) in [4.78, 5) is 17.1. The van der Waals surface area contributed by atoms with Crippen molar-refractivity contribution in [2.75, 3.05) is 0 Å². The summed E-state index contributed by atoms with van der Waals surface area (Å²) in [5.41, 5.74) is 1.85. The van der Waals surface area contributed by atoms with E-state index in [0.29, 0.717) is 22.7 Å². The van der Waals surface area contributed by atoms with Crippen molar-refractivity contribution in [1.29, 1.82) is 0 Å². The monoisotopic (exact) mass is 365 g/mol. The molecule has 0 radical (unpaired) electrons. The van der Waals surface area contributed by atoms with Crippen LogP contribution >= 0.6 is 0 Å². The van der Waals surface area contributed by atoms with Crippen molar-refractivity contribution in [2.45, 2.75) is 58.4 Å². The van der Waals surface area contributed by atoms with Gasteiger partial charge in [-0.15, -0.1) is 0 Å². The molecule has 5 heteroatoms. The first kappa shape index (κ1) is 17.0. The largest absolute Gasteiger partial charge is 0.349 e. The molecule has 1 amide bonds. The van der Waals surface area contributed by atoms with Crippen molar-refractivity contribution in [3.8, 4) is 11.5 Å². The summed E-state index contributed by atoms with van der Waals surface area (Å²) in [6.07, 6.45) is 8.19. The van der Waals surface area contributed by atoms with Crippen LogP contribution in [-0.2, 0) is 0 Å². The standard InChI is InChI=1S/C22H27N3O2/c1-13(22-10-15-7-16(11-22)9-17(8-15)12-22)23-20(26)18-3-5-19(6-4-18)21-24-14(2)25-27-21/h3-6,13,15-17H,7-12H2,1-2H3,(H,23,26). The zero-order valence-electron chi connectivity index (χ0n) is 16.1. The van der Waals surface area contributed by atoms with Gasteiger partial charge in [0.2, 0.25) is 0 Å². The average Bonchev–Trinajstić information content (AvgIpc) is 3.07. The molecule has 142 valence electrons. The highest BCUT2D eigenvalue weighted by atomic mass is 16.5. The fraction of sp³-hybridized carbons (Fsp3) is 0.591. The van der Waals surface area contributed by atoms with Gasteiger partial charge in [0.05, 0.1) is 0 Å². The number of nitrogens with one attached hydrogen (secondary N) is 1. The van der Waals surface area contributed by atoms with Crippen LogP contribution in [0.1, 0.15) is 61.6 Å². The highest BCUT2D eigenvalue weighted by Crippen LogP contribution is 2.61. The van der Waals surface area contributed by atoms with Crippen LogP contribution in [-0.4, -0.2) is 22.1 Å². The Hall–Kier alpha value is -2.17. The van der Waals surface area contributed by atoms with Gasteiger partial charge in [0.15, 0.2) is 5.82 Å². The van der Waals surface area contributed by atoms with E-state index in [9.17, 15) is 4.79 Å². The Bertz CT molecular complexity index is 819. The van der Waals surface area contributed by atoms with E-state index < -0.39 is 0 Å². The second kappa shape index (κ2) is 6.18. The van der Waals surface area contributed by atoms with Crippen molar-refractivity contribution >= 4 is 5.91 Å². The summed E-state index contributed by atoms with van der Waals surface area (Å²) in [6, 6.07) is 7.67. The molecule has 1 aromatic carbocycles. The molecule has 2 aromatic rings. The number of hydrogen-bond donors (Lipinski definition) is 1. The SMILES string of the molecule is Cc1noc(-c2ccc(C(=O)NC(C)C34CC5CC(CC(C5)C3)C4)cc2)n1. The first-order chi connectivity index (χ1) is 13.0. The van der Waals surface area contributed by atoms with E-state index in [1.165, 1.54) is 38.5 Å². The zero-order valence-corrected chi connectivity index (χ0v) is 16.1. The van der Waals surface area contributed by atoms with Crippen LogP contribution in [0.25, 0.3) is 11.5 Å².